The molecule has 0 aromatic heterocycles. The third kappa shape index (κ3) is 3.41. The molecule has 6 heteroatoms. The Kier molecular flexibility index (Phi) is 5.17. The van der Waals surface area contributed by atoms with Crippen LogP contribution in [0.4, 0.5) is 0 Å². The normalized spacial score (nSPS) is 28.2. The summed E-state index contributed by atoms with van der Waals surface area (Å²) in [5, 5.41) is 2.87. The molecule has 0 spiro atoms. The summed E-state index contributed by atoms with van der Waals surface area (Å²) < 4.78 is 31.3. The zero-order valence-corrected chi connectivity index (χ0v) is 11.1. The average Bonchev–Trinajstić information content (AvgIpc) is 2.26. The van der Waals surface area contributed by atoms with Crippen molar-refractivity contribution in [2.45, 2.75) is 32.4 Å². The van der Waals surface area contributed by atoms with Crippen LogP contribution in [0.5, 0.6) is 0 Å². The highest BCUT2D eigenvalue weighted by atomic mass is 32.2. The number of sulfonamides is 1. The van der Waals surface area contributed by atoms with Gasteiger partial charge in [-0.15, -0.1) is 0 Å². The summed E-state index contributed by atoms with van der Waals surface area (Å²) in [7, 11) is -1.39. The highest BCUT2D eigenvalue weighted by Crippen LogP contribution is 2.18. The Balaban J connectivity index is 2.73. The molecule has 0 aromatic carbocycles. The van der Waals surface area contributed by atoms with Gasteiger partial charge in [0, 0.05) is 19.1 Å². The monoisotopic (exact) mass is 250 g/mol. The Hall–Kier alpha value is -0.170. The summed E-state index contributed by atoms with van der Waals surface area (Å²) in [6.45, 7) is 5.38. The van der Waals surface area contributed by atoms with Crippen molar-refractivity contribution in [3.8, 4) is 0 Å². The number of nitrogens with zero attached hydrogens (tertiary/aromatic N) is 1. The lowest BCUT2D eigenvalue weighted by Crippen LogP contribution is -2.52. The lowest BCUT2D eigenvalue weighted by molar-refractivity contribution is -0.0230. The summed E-state index contributed by atoms with van der Waals surface area (Å²) in [4.78, 5) is 0. The fourth-order valence-electron chi connectivity index (χ4n) is 1.82. The second kappa shape index (κ2) is 5.95. The molecular formula is C10H22N2O3S. The molecule has 1 aliphatic rings. The van der Waals surface area contributed by atoms with Gasteiger partial charge in [-0.05, 0) is 20.4 Å². The quantitative estimate of drug-likeness (QED) is 0.748. The maximum Gasteiger partial charge on any atom is 0.215 e. The molecule has 96 valence electrons. The summed E-state index contributed by atoms with van der Waals surface area (Å²) in [5.41, 5.74) is 0. The summed E-state index contributed by atoms with van der Waals surface area (Å²) in [6, 6.07) is -0.00180. The molecule has 1 saturated heterocycles. The van der Waals surface area contributed by atoms with Crippen LogP contribution in [0.15, 0.2) is 0 Å². The van der Waals surface area contributed by atoms with E-state index in [4.69, 9.17) is 4.74 Å². The smallest absolute Gasteiger partial charge is 0.215 e. The molecule has 1 fully saturated rings. The molecule has 0 amide bonds. The first-order valence-corrected chi connectivity index (χ1v) is 7.38. The predicted octanol–water partition coefficient (Wildman–Crippen LogP) is 0.0349. The van der Waals surface area contributed by atoms with Gasteiger partial charge in [-0.3, -0.25) is 0 Å². The van der Waals surface area contributed by atoms with Crippen molar-refractivity contribution in [2.75, 3.05) is 32.5 Å². The Morgan fingerprint density at radius 1 is 1.50 bits per heavy atom. The first kappa shape index (κ1) is 13.9. The SMILES string of the molecule is CCC1COC(C)CN1S(=O)(=O)CCNC. The molecule has 0 bridgehead atoms. The van der Waals surface area contributed by atoms with E-state index >= 15 is 0 Å². The van der Waals surface area contributed by atoms with E-state index in [0.29, 0.717) is 19.7 Å². The number of hydrogen-bond acceptors (Lipinski definition) is 4. The van der Waals surface area contributed by atoms with Crippen LogP contribution < -0.4 is 5.32 Å². The Morgan fingerprint density at radius 3 is 2.75 bits per heavy atom. The lowest BCUT2D eigenvalue weighted by Gasteiger charge is -2.37. The van der Waals surface area contributed by atoms with Gasteiger partial charge in [0.15, 0.2) is 0 Å². The summed E-state index contributed by atoms with van der Waals surface area (Å²) >= 11 is 0. The minimum Gasteiger partial charge on any atom is -0.375 e. The average molecular weight is 250 g/mol. The van der Waals surface area contributed by atoms with Gasteiger partial charge in [0.1, 0.15) is 0 Å². The van der Waals surface area contributed by atoms with E-state index in [1.807, 2.05) is 13.8 Å². The van der Waals surface area contributed by atoms with Crippen LogP contribution in [0, 0.1) is 0 Å². The van der Waals surface area contributed by atoms with Gasteiger partial charge in [0.2, 0.25) is 10.0 Å². The Bertz CT molecular complexity index is 305. The molecule has 0 aliphatic carbocycles. The fourth-order valence-corrected chi connectivity index (χ4v) is 3.62. The van der Waals surface area contributed by atoms with E-state index in [9.17, 15) is 8.42 Å². The van der Waals surface area contributed by atoms with Crippen molar-refractivity contribution in [3.05, 3.63) is 0 Å². The largest absolute Gasteiger partial charge is 0.375 e. The molecule has 2 unspecified atom stereocenters. The van der Waals surface area contributed by atoms with Crippen LogP contribution >= 0.6 is 0 Å². The van der Waals surface area contributed by atoms with E-state index in [0.717, 1.165) is 6.42 Å². The molecule has 1 aliphatic heterocycles. The fraction of sp³-hybridized carbons (Fsp3) is 1.00. The predicted molar refractivity (Wildman–Crippen MR) is 63.9 cm³/mol. The number of morpholine rings is 1. The zero-order chi connectivity index (χ0) is 12.2. The van der Waals surface area contributed by atoms with E-state index in [1.54, 1.807) is 11.4 Å². The van der Waals surface area contributed by atoms with Crippen LogP contribution in [0.1, 0.15) is 20.3 Å². The Morgan fingerprint density at radius 2 is 2.19 bits per heavy atom. The number of nitrogens with one attached hydrogen (secondary N) is 1. The summed E-state index contributed by atoms with van der Waals surface area (Å²) in [6.07, 6.45) is 0.790. The van der Waals surface area contributed by atoms with Gasteiger partial charge in [0.25, 0.3) is 0 Å². The standard InChI is InChI=1S/C10H22N2O3S/c1-4-10-8-15-9(2)7-12(10)16(13,14)6-5-11-3/h9-11H,4-8H2,1-3H3. The maximum atomic E-state index is 12.1. The van der Waals surface area contributed by atoms with Crippen LogP contribution in [0.25, 0.3) is 0 Å². The Labute approximate surface area is 98.2 Å². The second-order valence-corrected chi connectivity index (χ2v) is 6.24. The molecule has 0 saturated carbocycles. The summed E-state index contributed by atoms with van der Waals surface area (Å²) in [5.74, 6) is 0.159. The third-order valence-corrected chi connectivity index (χ3v) is 4.74. The van der Waals surface area contributed by atoms with E-state index in [1.165, 1.54) is 0 Å². The maximum absolute atomic E-state index is 12.1. The topological polar surface area (TPSA) is 58.6 Å². The minimum absolute atomic E-state index is 0.00180. The number of rotatable bonds is 5. The van der Waals surface area contributed by atoms with E-state index in [-0.39, 0.29) is 17.9 Å². The molecule has 5 nitrogen and oxygen atoms in total. The highest BCUT2D eigenvalue weighted by molar-refractivity contribution is 7.89. The van der Waals surface area contributed by atoms with E-state index < -0.39 is 10.0 Å². The molecule has 2 atom stereocenters. The van der Waals surface area contributed by atoms with Gasteiger partial charge in [0.05, 0.1) is 18.5 Å². The van der Waals surface area contributed by atoms with Crippen LogP contribution in [0.3, 0.4) is 0 Å². The third-order valence-electron chi connectivity index (χ3n) is 2.86. The van der Waals surface area contributed by atoms with Gasteiger partial charge < -0.3 is 10.1 Å². The van der Waals surface area contributed by atoms with Crippen LogP contribution in [-0.2, 0) is 14.8 Å². The lowest BCUT2D eigenvalue weighted by atomic mass is 10.2. The first-order chi connectivity index (χ1) is 7.51. The van der Waals surface area contributed by atoms with Crippen molar-refractivity contribution in [1.82, 2.24) is 9.62 Å². The van der Waals surface area contributed by atoms with E-state index in [2.05, 4.69) is 5.32 Å². The molecule has 0 aromatic rings. The number of hydrogen-bond donors (Lipinski definition) is 1. The first-order valence-electron chi connectivity index (χ1n) is 5.77. The van der Waals surface area contributed by atoms with Gasteiger partial charge >= 0.3 is 0 Å². The van der Waals surface area contributed by atoms with Gasteiger partial charge in [-0.25, -0.2) is 8.42 Å². The minimum atomic E-state index is -3.15. The molecule has 1 N–H and O–H groups in total. The van der Waals surface area contributed by atoms with Crippen molar-refractivity contribution >= 4 is 10.0 Å². The zero-order valence-electron chi connectivity index (χ0n) is 10.3. The molecule has 1 heterocycles. The molecule has 0 radical (unpaired) electrons. The molecule has 1 rings (SSSR count). The van der Waals surface area contributed by atoms with Crippen molar-refractivity contribution < 1.29 is 13.2 Å². The molecule has 16 heavy (non-hydrogen) atoms. The highest BCUT2D eigenvalue weighted by Gasteiger charge is 2.33. The number of ether oxygens (including phenoxy) is 1. The molecular weight excluding hydrogens is 228 g/mol. The van der Waals surface area contributed by atoms with Crippen molar-refractivity contribution in [2.24, 2.45) is 0 Å². The van der Waals surface area contributed by atoms with Crippen LogP contribution in [-0.4, -0.2) is 57.4 Å². The van der Waals surface area contributed by atoms with Crippen LogP contribution in [0.2, 0.25) is 0 Å². The van der Waals surface area contributed by atoms with Crippen molar-refractivity contribution in [3.63, 3.8) is 0 Å². The van der Waals surface area contributed by atoms with Crippen molar-refractivity contribution in [1.29, 1.82) is 0 Å². The second-order valence-electron chi connectivity index (χ2n) is 4.20. The van der Waals surface area contributed by atoms with Gasteiger partial charge in [-0.1, -0.05) is 6.92 Å². The van der Waals surface area contributed by atoms with Gasteiger partial charge in [-0.2, -0.15) is 4.31 Å².